The number of carbonyl (C=O) groups is 1. The van der Waals surface area contributed by atoms with E-state index in [2.05, 4.69) is 19.2 Å². The lowest BCUT2D eigenvalue weighted by atomic mass is 9.94. The third kappa shape index (κ3) is 5.06. The van der Waals surface area contributed by atoms with Crippen LogP contribution in [0.25, 0.3) is 0 Å². The molecule has 2 fully saturated rings. The van der Waals surface area contributed by atoms with Crippen LogP contribution < -0.4 is 11.1 Å². The van der Waals surface area contributed by atoms with Gasteiger partial charge in [0.25, 0.3) is 5.91 Å². The zero-order valence-electron chi connectivity index (χ0n) is 16.6. The van der Waals surface area contributed by atoms with Crippen LogP contribution in [0.5, 0.6) is 0 Å². The van der Waals surface area contributed by atoms with E-state index in [-0.39, 0.29) is 29.3 Å². The largest absolute Gasteiger partial charge is 0.349 e. The van der Waals surface area contributed by atoms with E-state index in [0.29, 0.717) is 43.0 Å². The highest BCUT2D eigenvalue weighted by molar-refractivity contribution is 7.89. The Labute approximate surface area is 174 Å². The van der Waals surface area contributed by atoms with E-state index in [1.165, 1.54) is 6.07 Å². The van der Waals surface area contributed by atoms with Gasteiger partial charge in [0.1, 0.15) is 0 Å². The van der Waals surface area contributed by atoms with Crippen molar-refractivity contribution < 1.29 is 13.2 Å². The first-order valence-electron chi connectivity index (χ1n) is 9.92. The number of sulfonamides is 1. The van der Waals surface area contributed by atoms with Crippen LogP contribution in [0.4, 0.5) is 0 Å². The maximum atomic E-state index is 13.1. The van der Waals surface area contributed by atoms with E-state index >= 15 is 0 Å². The summed E-state index contributed by atoms with van der Waals surface area (Å²) < 4.78 is 27.7. The zero-order valence-corrected chi connectivity index (χ0v) is 18.3. The predicted molar refractivity (Wildman–Crippen MR) is 113 cm³/mol. The van der Waals surface area contributed by atoms with Crippen LogP contribution in [0.15, 0.2) is 29.2 Å². The van der Waals surface area contributed by atoms with Gasteiger partial charge < -0.3 is 11.1 Å². The molecular formula is C20H32ClN3O3S. The Balaban J connectivity index is 0.00000280. The van der Waals surface area contributed by atoms with Crippen molar-refractivity contribution in [3.8, 4) is 0 Å². The van der Waals surface area contributed by atoms with Crippen molar-refractivity contribution in [1.82, 2.24) is 9.62 Å². The Morgan fingerprint density at radius 3 is 2.54 bits per heavy atom. The Morgan fingerprint density at radius 2 is 1.89 bits per heavy atom. The summed E-state index contributed by atoms with van der Waals surface area (Å²) in [6.45, 7) is 5.78. The van der Waals surface area contributed by atoms with Gasteiger partial charge in [0, 0.05) is 24.7 Å². The van der Waals surface area contributed by atoms with Gasteiger partial charge in [0.05, 0.1) is 4.90 Å². The van der Waals surface area contributed by atoms with Crippen LogP contribution >= 0.6 is 12.4 Å². The molecule has 6 nitrogen and oxygen atoms in total. The lowest BCUT2D eigenvalue weighted by Gasteiger charge is -2.34. The lowest BCUT2D eigenvalue weighted by Crippen LogP contribution is -2.42. The number of halogens is 1. The summed E-state index contributed by atoms with van der Waals surface area (Å²) in [5, 5.41) is 3.04. The van der Waals surface area contributed by atoms with E-state index in [4.69, 9.17) is 5.73 Å². The second-order valence-electron chi connectivity index (χ2n) is 8.30. The molecule has 28 heavy (non-hydrogen) atoms. The fourth-order valence-electron chi connectivity index (χ4n) is 4.51. The molecule has 4 atom stereocenters. The quantitative estimate of drug-likeness (QED) is 0.752. The highest BCUT2D eigenvalue weighted by atomic mass is 35.5. The molecule has 1 saturated carbocycles. The minimum Gasteiger partial charge on any atom is -0.349 e. The second-order valence-corrected chi connectivity index (χ2v) is 10.2. The Hall–Kier alpha value is -1.15. The number of piperidine rings is 1. The molecule has 0 spiro atoms. The Morgan fingerprint density at radius 1 is 1.21 bits per heavy atom. The van der Waals surface area contributed by atoms with Crippen molar-refractivity contribution in [3.05, 3.63) is 29.8 Å². The maximum absolute atomic E-state index is 13.1. The average molecular weight is 430 g/mol. The fraction of sp³-hybridized carbons (Fsp3) is 0.650. The molecule has 1 aromatic carbocycles. The molecule has 0 bridgehead atoms. The van der Waals surface area contributed by atoms with E-state index < -0.39 is 10.0 Å². The molecule has 8 heteroatoms. The monoisotopic (exact) mass is 429 g/mol. The fourth-order valence-corrected chi connectivity index (χ4v) is 6.24. The van der Waals surface area contributed by atoms with Gasteiger partial charge in [-0.15, -0.1) is 12.4 Å². The number of nitrogens with zero attached hydrogens (tertiary/aromatic N) is 1. The summed E-state index contributed by atoms with van der Waals surface area (Å²) in [5.41, 5.74) is 6.17. The van der Waals surface area contributed by atoms with Crippen molar-refractivity contribution in [2.45, 2.75) is 50.5 Å². The molecule has 3 rings (SSSR count). The van der Waals surface area contributed by atoms with Crippen LogP contribution in [-0.4, -0.2) is 44.3 Å². The third-order valence-electron chi connectivity index (χ3n) is 5.85. The van der Waals surface area contributed by atoms with Crippen LogP contribution in [0.2, 0.25) is 0 Å². The molecule has 1 amide bonds. The van der Waals surface area contributed by atoms with Crippen LogP contribution in [0.3, 0.4) is 0 Å². The normalized spacial score (nSPS) is 28.5. The highest BCUT2D eigenvalue weighted by Crippen LogP contribution is 2.28. The summed E-state index contributed by atoms with van der Waals surface area (Å²) in [5.74, 6) is 0.756. The van der Waals surface area contributed by atoms with Gasteiger partial charge in [-0.2, -0.15) is 4.31 Å². The lowest BCUT2D eigenvalue weighted by molar-refractivity contribution is 0.0928. The number of benzene rings is 1. The van der Waals surface area contributed by atoms with Crippen molar-refractivity contribution >= 4 is 28.3 Å². The van der Waals surface area contributed by atoms with Gasteiger partial charge in [-0.3, -0.25) is 4.79 Å². The zero-order chi connectivity index (χ0) is 19.6. The molecule has 3 N–H and O–H groups in total. The molecule has 1 aliphatic heterocycles. The molecule has 1 heterocycles. The van der Waals surface area contributed by atoms with Crippen LogP contribution in [0.1, 0.15) is 49.9 Å². The van der Waals surface area contributed by atoms with Crippen molar-refractivity contribution in [2.75, 3.05) is 19.6 Å². The molecule has 0 radical (unpaired) electrons. The van der Waals surface area contributed by atoms with Crippen molar-refractivity contribution in [1.29, 1.82) is 0 Å². The summed E-state index contributed by atoms with van der Waals surface area (Å²) in [6.07, 6.45) is 4.06. The van der Waals surface area contributed by atoms with Crippen LogP contribution in [0, 0.1) is 17.8 Å². The molecule has 0 aromatic heterocycles. The molecule has 1 aromatic rings. The summed E-state index contributed by atoms with van der Waals surface area (Å²) in [7, 11) is -3.59. The number of carbonyl (C=O) groups excluding carboxylic acids is 1. The molecule has 2 aliphatic rings. The Bertz CT molecular complexity index is 777. The van der Waals surface area contributed by atoms with E-state index in [0.717, 1.165) is 25.7 Å². The number of rotatable bonds is 5. The Kier molecular flexibility index (Phi) is 7.90. The smallest absolute Gasteiger partial charge is 0.251 e. The average Bonchev–Trinajstić information content (AvgIpc) is 3.08. The number of hydrogen-bond donors (Lipinski definition) is 2. The SMILES string of the molecule is CC1CC(C)CN(S(=O)(=O)c2cccc(C(=O)NC3CCCC3CN)c2)C1.Cl. The van der Waals surface area contributed by atoms with E-state index in [1.54, 1.807) is 22.5 Å². The first-order valence-corrected chi connectivity index (χ1v) is 11.4. The maximum Gasteiger partial charge on any atom is 0.251 e. The first-order chi connectivity index (χ1) is 12.8. The third-order valence-corrected chi connectivity index (χ3v) is 7.68. The second kappa shape index (κ2) is 9.57. The molecule has 158 valence electrons. The van der Waals surface area contributed by atoms with Gasteiger partial charge in [-0.25, -0.2) is 8.42 Å². The molecule has 1 aliphatic carbocycles. The minimum atomic E-state index is -3.59. The number of hydrogen-bond acceptors (Lipinski definition) is 4. The number of nitrogens with two attached hydrogens (primary N) is 1. The van der Waals surface area contributed by atoms with Gasteiger partial charge in [0.2, 0.25) is 10.0 Å². The van der Waals surface area contributed by atoms with E-state index in [1.807, 2.05) is 0 Å². The number of nitrogens with one attached hydrogen (secondary N) is 1. The van der Waals surface area contributed by atoms with Gasteiger partial charge in [-0.1, -0.05) is 26.3 Å². The molecule has 4 unspecified atom stereocenters. The molecular weight excluding hydrogens is 398 g/mol. The number of amides is 1. The summed E-state index contributed by atoms with van der Waals surface area (Å²) in [6, 6.07) is 6.47. The summed E-state index contributed by atoms with van der Waals surface area (Å²) >= 11 is 0. The predicted octanol–water partition coefficient (Wildman–Crippen LogP) is 2.63. The molecule has 1 saturated heterocycles. The van der Waals surface area contributed by atoms with Crippen molar-refractivity contribution in [2.24, 2.45) is 23.5 Å². The summed E-state index contributed by atoms with van der Waals surface area (Å²) in [4.78, 5) is 12.9. The van der Waals surface area contributed by atoms with Crippen molar-refractivity contribution in [3.63, 3.8) is 0 Å². The first kappa shape index (κ1) is 23.1. The topological polar surface area (TPSA) is 92.5 Å². The van der Waals surface area contributed by atoms with Gasteiger partial charge >= 0.3 is 0 Å². The standard InChI is InChI=1S/C20H31N3O3S.ClH/c1-14-9-15(2)13-23(12-14)27(25,26)18-7-3-5-16(10-18)20(24)22-19-8-4-6-17(19)11-21;/h3,5,7,10,14-15,17,19H,4,6,8-9,11-13,21H2,1-2H3,(H,22,24);1H. The van der Waals surface area contributed by atoms with Gasteiger partial charge in [0.15, 0.2) is 0 Å². The highest BCUT2D eigenvalue weighted by Gasteiger charge is 2.32. The van der Waals surface area contributed by atoms with Crippen LogP contribution in [-0.2, 0) is 10.0 Å². The minimum absolute atomic E-state index is 0. The van der Waals surface area contributed by atoms with E-state index in [9.17, 15) is 13.2 Å². The van der Waals surface area contributed by atoms with Gasteiger partial charge in [-0.05, 0) is 61.8 Å².